The van der Waals surface area contributed by atoms with Gasteiger partial charge in [-0.3, -0.25) is 13.9 Å². The number of amides is 2. The third-order valence-corrected chi connectivity index (χ3v) is 9.90. The van der Waals surface area contributed by atoms with E-state index in [4.69, 9.17) is 9.47 Å². The van der Waals surface area contributed by atoms with Crippen LogP contribution in [0.2, 0.25) is 0 Å². The lowest BCUT2D eigenvalue weighted by molar-refractivity contribution is -0.140. The lowest BCUT2D eigenvalue weighted by atomic mass is 10.0. The molecule has 0 saturated carbocycles. The Labute approximate surface area is 282 Å². The van der Waals surface area contributed by atoms with Crippen molar-refractivity contribution in [2.45, 2.75) is 57.1 Å². The zero-order valence-corrected chi connectivity index (χ0v) is 28.7. The number of hydrogen-bond donors (Lipinski definition) is 1. The molecule has 4 rings (SSSR count). The van der Waals surface area contributed by atoms with Gasteiger partial charge in [0.2, 0.25) is 11.8 Å². The summed E-state index contributed by atoms with van der Waals surface area (Å²) in [4.78, 5) is 29.8. The summed E-state index contributed by atoms with van der Waals surface area (Å²) in [6.07, 6.45) is 0.761. The number of halogens is 1. The lowest BCUT2D eigenvalue weighted by Crippen LogP contribution is -2.54. The molecule has 0 aliphatic heterocycles. The lowest BCUT2D eigenvalue weighted by Gasteiger charge is -2.34. The van der Waals surface area contributed by atoms with Gasteiger partial charge in [0.1, 0.15) is 18.4 Å². The van der Waals surface area contributed by atoms with Crippen LogP contribution in [0.25, 0.3) is 0 Å². The maximum Gasteiger partial charge on any atom is 0.264 e. The number of methoxy groups -OCH3 is 2. The van der Waals surface area contributed by atoms with E-state index in [9.17, 15) is 18.0 Å². The first-order valence-electron chi connectivity index (χ1n) is 15.7. The van der Waals surface area contributed by atoms with E-state index in [-0.39, 0.29) is 40.9 Å². The molecule has 48 heavy (non-hydrogen) atoms. The highest BCUT2D eigenvalue weighted by Crippen LogP contribution is 2.34. The molecule has 0 aromatic heterocycles. The third-order valence-electron chi connectivity index (χ3n) is 8.11. The first kappa shape index (κ1) is 35.9. The van der Waals surface area contributed by atoms with E-state index in [1.807, 2.05) is 51.1 Å². The molecule has 0 heterocycles. The monoisotopic (exact) mass is 675 g/mol. The number of hydrogen-bond acceptors (Lipinski definition) is 6. The minimum Gasteiger partial charge on any atom is -0.493 e. The number of anilines is 1. The standard InChI is InChI=1S/C37H42FN3O6S/c1-6-27(3)39-37(43)33(22-28-12-8-7-9-13-28)40(24-29-14-10-11-15-32(29)38)36(42)25-41(30-18-21-34(46-4)35(23-30)47-5)48(44,45)31-19-16-26(2)17-20-31/h7-21,23,27,33H,6,22,24-25H2,1-5H3,(H,39,43)/t27-,33+/m1/s1. The fraction of sp³-hybridized carbons (Fsp3) is 0.297. The third kappa shape index (κ3) is 8.71. The van der Waals surface area contributed by atoms with Crippen LogP contribution in [0.4, 0.5) is 10.1 Å². The van der Waals surface area contributed by atoms with Gasteiger partial charge >= 0.3 is 0 Å². The summed E-state index contributed by atoms with van der Waals surface area (Å²) in [6.45, 7) is 4.65. The molecule has 4 aromatic carbocycles. The Morgan fingerprint density at radius 2 is 1.52 bits per heavy atom. The molecular formula is C37H42FN3O6S. The zero-order valence-electron chi connectivity index (χ0n) is 27.9. The van der Waals surface area contributed by atoms with Crippen LogP contribution in [0.3, 0.4) is 0 Å². The molecule has 0 fully saturated rings. The fourth-order valence-electron chi connectivity index (χ4n) is 5.15. The van der Waals surface area contributed by atoms with Crippen molar-refractivity contribution in [2.24, 2.45) is 0 Å². The van der Waals surface area contributed by atoms with Gasteiger partial charge in [-0.2, -0.15) is 0 Å². The van der Waals surface area contributed by atoms with Gasteiger partial charge in [-0.1, -0.05) is 73.2 Å². The van der Waals surface area contributed by atoms with Crippen LogP contribution in [0, 0.1) is 12.7 Å². The minimum atomic E-state index is -4.34. The number of carbonyl (C=O) groups excluding carboxylic acids is 2. The van der Waals surface area contributed by atoms with Crippen molar-refractivity contribution in [3.8, 4) is 11.5 Å². The number of ether oxygens (including phenoxy) is 2. The summed E-state index contributed by atoms with van der Waals surface area (Å²) in [5, 5.41) is 2.97. The zero-order chi connectivity index (χ0) is 34.8. The van der Waals surface area contributed by atoms with Crippen LogP contribution in [-0.4, -0.2) is 58.0 Å². The molecule has 0 aliphatic carbocycles. The Balaban J connectivity index is 1.86. The summed E-state index contributed by atoms with van der Waals surface area (Å²) >= 11 is 0. The van der Waals surface area contributed by atoms with E-state index in [2.05, 4.69) is 5.32 Å². The molecule has 9 nitrogen and oxygen atoms in total. The second kappa shape index (κ2) is 16.3. The summed E-state index contributed by atoms with van der Waals surface area (Å²) in [5.41, 5.74) is 1.95. The Morgan fingerprint density at radius 1 is 0.875 bits per heavy atom. The molecule has 0 radical (unpaired) electrons. The van der Waals surface area contributed by atoms with Crippen molar-refractivity contribution in [3.63, 3.8) is 0 Å². The number of nitrogens with zero attached hydrogens (tertiary/aromatic N) is 2. The Hall–Kier alpha value is -4.90. The van der Waals surface area contributed by atoms with E-state index in [0.29, 0.717) is 12.2 Å². The molecule has 11 heteroatoms. The highest BCUT2D eigenvalue weighted by atomic mass is 32.2. The van der Waals surface area contributed by atoms with Gasteiger partial charge in [-0.15, -0.1) is 0 Å². The Bertz CT molecular complexity index is 1800. The number of benzene rings is 4. The van der Waals surface area contributed by atoms with E-state index in [1.54, 1.807) is 24.3 Å². The first-order chi connectivity index (χ1) is 23.0. The maximum absolute atomic E-state index is 15.1. The molecule has 0 spiro atoms. The summed E-state index contributed by atoms with van der Waals surface area (Å²) in [5.74, 6) is -1.07. The fourth-order valence-corrected chi connectivity index (χ4v) is 6.56. The normalized spacial score (nSPS) is 12.5. The predicted octanol–water partition coefficient (Wildman–Crippen LogP) is 5.90. The van der Waals surface area contributed by atoms with Crippen LogP contribution in [0.5, 0.6) is 11.5 Å². The van der Waals surface area contributed by atoms with Gasteiger partial charge in [0.25, 0.3) is 10.0 Å². The van der Waals surface area contributed by atoms with E-state index in [0.717, 1.165) is 15.4 Å². The average Bonchev–Trinajstić information content (AvgIpc) is 3.09. The largest absolute Gasteiger partial charge is 0.493 e. The van der Waals surface area contributed by atoms with Gasteiger partial charge in [-0.25, -0.2) is 12.8 Å². The number of aryl methyl sites for hydroxylation is 1. The van der Waals surface area contributed by atoms with Crippen molar-refractivity contribution in [2.75, 3.05) is 25.1 Å². The van der Waals surface area contributed by atoms with Crippen LogP contribution in [0.1, 0.15) is 37.0 Å². The molecule has 4 aromatic rings. The number of rotatable bonds is 15. The molecule has 0 aliphatic rings. The molecule has 1 N–H and O–H groups in total. The Morgan fingerprint density at radius 3 is 2.15 bits per heavy atom. The molecular weight excluding hydrogens is 633 g/mol. The summed E-state index contributed by atoms with van der Waals surface area (Å²) in [6, 6.07) is 24.7. The van der Waals surface area contributed by atoms with Crippen molar-refractivity contribution in [3.05, 3.63) is 120 Å². The Kier molecular flexibility index (Phi) is 12.2. The molecule has 2 atom stereocenters. The SMILES string of the molecule is CC[C@@H](C)NC(=O)[C@H](Cc1ccccc1)N(Cc1ccccc1F)C(=O)CN(c1ccc(OC)c(OC)c1)S(=O)(=O)c1ccc(C)cc1. The maximum atomic E-state index is 15.1. The quantitative estimate of drug-likeness (QED) is 0.168. The molecule has 2 amide bonds. The predicted molar refractivity (Wildman–Crippen MR) is 184 cm³/mol. The van der Waals surface area contributed by atoms with Crippen molar-refractivity contribution >= 4 is 27.5 Å². The molecule has 0 saturated heterocycles. The molecule has 0 bridgehead atoms. The number of carbonyl (C=O) groups is 2. The van der Waals surface area contributed by atoms with Gasteiger partial charge < -0.3 is 19.7 Å². The number of nitrogens with one attached hydrogen (secondary N) is 1. The highest BCUT2D eigenvalue weighted by Gasteiger charge is 2.35. The van der Waals surface area contributed by atoms with Gasteiger partial charge in [-0.05, 0) is 56.2 Å². The second-order valence-electron chi connectivity index (χ2n) is 11.5. The van der Waals surface area contributed by atoms with Gasteiger partial charge in [0.15, 0.2) is 11.5 Å². The summed E-state index contributed by atoms with van der Waals surface area (Å²) < 4.78 is 55.5. The topological polar surface area (TPSA) is 105 Å². The van der Waals surface area contributed by atoms with Crippen molar-refractivity contribution < 1.29 is 31.9 Å². The first-order valence-corrected chi connectivity index (χ1v) is 17.1. The van der Waals surface area contributed by atoms with Crippen LogP contribution >= 0.6 is 0 Å². The average molecular weight is 676 g/mol. The van der Waals surface area contributed by atoms with Crippen LogP contribution in [-0.2, 0) is 32.6 Å². The van der Waals surface area contributed by atoms with E-state index >= 15 is 4.39 Å². The van der Waals surface area contributed by atoms with E-state index in [1.165, 1.54) is 61.6 Å². The molecule has 0 unspecified atom stereocenters. The molecule has 254 valence electrons. The van der Waals surface area contributed by atoms with Gasteiger partial charge in [0, 0.05) is 30.6 Å². The van der Waals surface area contributed by atoms with Crippen LogP contribution < -0.4 is 19.1 Å². The van der Waals surface area contributed by atoms with Crippen LogP contribution in [0.15, 0.2) is 102 Å². The minimum absolute atomic E-state index is 0.0355. The smallest absolute Gasteiger partial charge is 0.264 e. The van der Waals surface area contributed by atoms with Crippen molar-refractivity contribution in [1.29, 1.82) is 0 Å². The summed E-state index contributed by atoms with van der Waals surface area (Å²) in [7, 11) is -1.46. The second-order valence-corrected chi connectivity index (χ2v) is 13.4. The highest BCUT2D eigenvalue weighted by molar-refractivity contribution is 7.92. The van der Waals surface area contributed by atoms with Crippen molar-refractivity contribution in [1.82, 2.24) is 10.2 Å². The van der Waals surface area contributed by atoms with E-state index < -0.39 is 40.2 Å². The van der Waals surface area contributed by atoms with Gasteiger partial charge in [0.05, 0.1) is 24.8 Å². The number of sulfonamides is 1.